The second kappa shape index (κ2) is 7.37. The summed E-state index contributed by atoms with van der Waals surface area (Å²) < 4.78 is 7.40. The van der Waals surface area contributed by atoms with Gasteiger partial charge in [0.25, 0.3) is 0 Å². The Morgan fingerprint density at radius 1 is 1.31 bits per heavy atom. The van der Waals surface area contributed by atoms with Crippen LogP contribution >= 0.6 is 0 Å². The maximum Gasteiger partial charge on any atom is 0.157 e. The molecule has 7 nitrogen and oxygen atoms in total. The molecule has 0 aromatic carbocycles. The number of hydrogen-bond donors (Lipinski definition) is 2. The predicted molar refractivity (Wildman–Crippen MR) is 112 cm³/mol. The van der Waals surface area contributed by atoms with Crippen molar-refractivity contribution in [3.05, 3.63) is 35.7 Å². The van der Waals surface area contributed by atoms with Crippen molar-refractivity contribution in [3.8, 4) is 29.5 Å². The number of nitrogens with zero attached hydrogens (tertiary/aromatic N) is 4. The maximum atomic E-state index is 5.72. The van der Waals surface area contributed by atoms with Crippen molar-refractivity contribution in [1.29, 1.82) is 0 Å². The van der Waals surface area contributed by atoms with E-state index in [1.165, 1.54) is 0 Å². The molecule has 3 aromatic rings. The molecule has 29 heavy (non-hydrogen) atoms. The lowest BCUT2D eigenvalue weighted by Gasteiger charge is -2.25. The van der Waals surface area contributed by atoms with Crippen LogP contribution in [-0.4, -0.2) is 45.8 Å². The van der Waals surface area contributed by atoms with Gasteiger partial charge in [-0.15, -0.1) is 6.42 Å². The zero-order chi connectivity index (χ0) is 19.8. The number of nitrogens with one attached hydrogen (secondary N) is 2. The second-order valence-corrected chi connectivity index (χ2v) is 7.71. The molecule has 0 spiro atoms. The maximum absolute atomic E-state index is 5.72. The Morgan fingerprint density at radius 3 is 2.93 bits per heavy atom. The third-order valence-corrected chi connectivity index (χ3v) is 5.62. The number of piperidine rings is 1. The quantitative estimate of drug-likeness (QED) is 0.655. The topological polar surface area (TPSA) is 76.4 Å². The van der Waals surface area contributed by atoms with Gasteiger partial charge in [0.15, 0.2) is 5.65 Å². The Morgan fingerprint density at radius 2 is 2.21 bits per heavy atom. The highest BCUT2D eigenvalue weighted by Gasteiger charge is 2.30. The van der Waals surface area contributed by atoms with Crippen LogP contribution in [0.2, 0.25) is 0 Å². The molecule has 1 saturated carbocycles. The summed E-state index contributed by atoms with van der Waals surface area (Å²) in [6.07, 6.45) is 12.1. The van der Waals surface area contributed by atoms with Gasteiger partial charge >= 0.3 is 0 Å². The van der Waals surface area contributed by atoms with Gasteiger partial charge in [0.1, 0.15) is 23.0 Å². The molecule has 2 aliphatic rings. The number of ether oxygens (including phenoxy) is 1. The molecule has 2 fully saturated rings. The van der Waals surface area contributed by atoms with E-state index in [1.807, 2.05) is 28.9 Å². The number of anilines is 1. The molecule has 0 unspecified atom stereocenters. The minimum atomic E-state index is 0.324. The van der Waals surface area contributed by atoms with Crippen molar-refractivity contribution >= 4 is 11.5 Å². The van der Waals surface area contributed by atoms with E-state index in [9.17, 15) is 0 Å². The first-order chi connectivity index (χ1) is 14.3. The normalized spacial score (nSPS) is 19.1. The van der Waals surface area contributed by atoms with Crippen LogP contribution in [0.4, 0.5) is 5.82 Å². The van der Waals surface area contributed by atoms with E-state index >= 15 is 0 Å². The Balaban J connectivity index is 1.55. The molecule has 0 amide bonds. The molecule has 1 saturated heterocycles. The molecule has 1 aliphatic heterocycles. The number of fused-ring (bicyclic) bond motifs is 1. The van der Waals surface area contributed by atoms with E-state index in [2.05, 4.69) is 21.5 Å². The van der Waals surface area contributed by atoms with Crippen LogP contribution in [0.1, 0.15) is 42.9 Å². The fraction of sp³-hybridized carbons (Fsp3) is 0.409. The number of aromatic nitrogens is 4. The zero-order valence-corrected chi connectivity index (χ0v) is 16.5. The standard InChI is InChI=1S/C22H24N6O/c1-3-14-8-9-17(26-22(14)25-16-5-4-10-23-12-16)18-13-24-20-11-19(29-2)21(15-6-7-15)27-28(18)20/h1,8-9,11,13,15-16,23H,4-7,10,12H2,2H3,(H,25,26)/t16-/m1/s1. The first kappa shape index (κ1) is 18.0. The van der Waals surface area contributed by atoms with Gasteiger partial charge in [-0.1, -0.05) is 5.92 Å². The number of imidazole rings is 1. The fourth-order valence-corrected chi connectivity index (χ4v) is 3.89. The van der Waals surface area contributed by atoms with Crippen molar-refractivity contribution in [2.45, 2.75) is 37.6 Å². The van der Waals surface area contributed by atoms with Gasteiger partial charge in [-0.25, -0.2) is 14.5 Å². The van der Waals surface area contributed by atoms with Crippen LogP contribution in [0.25, 0.3) is 17.0 Å². The summed E-state index contributed by atoms with van der Waals surface area (Å²) in [5.74, 6) is 4.76. The molecule has 4 heterocycles. The van der Waals surface area contributed by atoms with E-state index in [0.29, 0.717) is 12.0 Å². The highest BCUT2D eigenvalue weighted by molar-refractivity contribution is 5.65. The summed E-state index contributed by atoms with van der Waals surface area (Å²) in [6.45, 7) is 1.98. The van der Waals surface area contributed by atoms with E-state index in [0.717, 1.165) is 78.6 Å². The summed E-state index contributed by atoms with van der Waals surface area (Å²) in [7, 11) is 1.68. The molecule has 5 rings (SSSR count). The van der Waals surface area contributed by atoms with Crippen LogP contribution in [0.3, 0.4) is 0 Å². The van der Waals surface area contributed by atoms with Crippen LogP contribution in [0.15, 0.2) is 24.4 Å². The Labute approximate surface area is 169 Å². The summed E-state index contributed by atoms with van der Waals surface area (Å²) in [5, 5.41) is 11.8. The van der Waals surface area contributed by atoms with Crippen molar-refractivity contribution < 1.29 is 4.74 Å². The van der Waals surface area contributed by atoms with Gasteiger partial charge in [-0.3, -0.25) is 0 Å². The van der Waals surface area contributed by atoms with E-state index < -0.39 is 0 Å². The monoisotopic (exact) mass is 388 g/mol. The molecular weight excluding hydrogens is 364 g/mol. The predicted octanol–water partition coefficient (Wildman–Crippen LogP) is 2.82. The number of hydrogen-bond acceptors (Lipinski definition) is 6. The van der Waals surface area contributed by atoms with E-state index in [1.54, 1.807) is 7.11 Å². The van der Waals surface area contributed by atoms with Gasteiger partial charge in [0.2, 0.25) is 0 Å². The van der Waals surface area contributed by atoms with Gasteiger partial charge < -0.3 is 15.4 Å². The van der Waals surface area contributed by atoms with Crippen molar-refractivity contribution in [2.24, 2.45) is 0 Å². The summed E-state index contributed by atoms with van der Waals surface area (Å²) in [5.41, 5.74) is 4.14. The minimum absolute atomic E-state index is 0.324. The average molecular weight is 388 g/mol. The van der Waals surface area contributed by atoms with Crippen molar-refractivity contribution in [2.75, 3.05) is 25.5 Å². The lowest BCUT2D eigenvalue weighted by atomic mass is 10.1. The number of methoxy groups -OCH3 is 1. The summed E-state index contributed by atoms with van der Waals surface area (Å²) in [4.78, 5) is 9.37. The molecule has 1 aliphatic carbocycles. The third-order valence-electron chi connectivity index (χ3n) is 5.62. The van der Waals surface area contributed by atoms with E-state index in [4.69, 9.17) is 21.2 Å². The molecule has 7 heteroatoms. The van der Waals surface area contributed by atoms with Crippen LogP contribution < -0.4 is 15.4 Å². The van der Waals surface area contributed by atoms with Crippen LogP contribution in [-0.2, 0) is 0 Å². The molecular formula is C22H24N6O. The Hall–Kier alpha value is -3.11. The van der Waals surface area contributed by atoms with Gasteiger partial charge in [0, 0.05) is 24.6 Å². The minimum Gasteiger partial charge on any atom is -0.495 e. The fourth-order valence-electron chi connectivity index (χ4n) is 3.89. The summed E-state index contributed by atoms with van der Waals surface area (Å²) in [6, 6.07) is 6.15. The van der Waals surface area contributed by atoms with Crippen LogP contribution in [0.5, 0.6) is 5.75 Å². The molecule has 1 atom stereocenters. The Kier molecular flexibility index (Phi) is 4.57. The SMILES string of the molecule is C#Cc1ccc(-c2cnc3cc(OC)c(C4CC4)nn23)nc1N[C@@H]1CCCNC1. The van der Waals surface area contributed by atoms with Crippen molar-refractivity contribution in [3.63, 3.8) is 0 Å². The van der Waals surface area contributed by atoms with Gasteiger partial charge in [0.05, 0.1) is 24.6 Å². The number of rotatable bonds is 5. The second-order valence-electron chi connectivity index (χ2n) is 7.71. The molecule has 0 bridgehead atoms. The molecule has 2 N–H and O–H groups in total. The molecule has 3 aromatic heterocycles. The first-order valence-corrected chi connectivity index (χ1v) is 10.1. The van der Waals surface area contributed by atoms with Crippen molar-refractivity contribution in [1.82, 2.24) is 24.9 Å². The smallest absolute Gasteiger partial charge is 0.157 e. The summed E-state index contributed by atoms with van der Waals surface area (Å²) >= 11 is 0. The molecule has 148 valence electrons. The highest BCUT2D eigenvalue weighted by atomic mass is 16.5. The average Bonchev–Trinajstić information content (AvgIpc) is 3.53. The lowest BCUT2D eigenvalue weighted by Crippen LogP contribution is -2.38. The Bertz CT molecular complexity index is 1090. The van der Waals surface area contributed by atoms with Crippen LogP contribution in [0, 0.1) is 12.3 Å². The largest absolute Gasteiger partial charge is 0.495 e. The van der Waals surface area contributed by atoms with E-state index in [-0.39, 0.29) is 0 Å². The molecule has 0 radical (unpaired) electrons. The first-order valence-electron chi connectivity index (χ1n) is 10.1. The number of pyridine rings is 1. The lowest BCUT2D eigenvalue weighted by molar-refractivity contribution is 0.405. The number of terminal acetylenes is 1. The van der Waals surface area contributed by atoms with Gasteiger partial charge in [-0.05, 0) is 44.4 Å². The van der Waals surface area contributed by atoms with Gasteiger partial charge in [-0.2, -0.15) is 5.10 Å². The zero-order valence-electron chi connectivity index (χ0n) is 16.5. The highest BCUT2D eigenvalue weighted by Crippen LogP contribution is 2.43. The third kappa shape index (κ3) is 3.40.